The van der Waals surface area contributed by atoms with Crippen LogP contribution in [0.15, 0.2) is 38.6 Å². The summed E-state index contributed by atoms with van der Waals surface area (Å²) in [5.41, 5.74) is 0.929. The number of thiophene rings is 1. The molecule has 0 radical (unpaired) electrons. The van der Waals surface area contributed by atoms with Gasteiger partial charge in [-0.15, -0.1) is 11.3 Å². The highest BCUT2D eigenvalue weighted by Crippen LogP contribution is 2.28. The van der Waals surface area contributed by atoms with Crippen LogP contribution >= 0.6 is 27.3 Å². The molecule has 28 heavy (non-hydrogen) atoms. The van der Waals surface area contributed by atoms with E-state index in [-0.39, 0.29) is 11.6 Å². The lowest BCUT2D eigenvalue weighted by atomic mass is 10.1. The third kappa shape index (κ3) is 4.16. The minimum absolute atomic E-state index is 0.135. The number of hydrogen-bond acceptors (Lipinski definition) is 7. The Morgan fingerprint density at radius 1 is 1.29 bits per heavy atom. The maximum absolute atomic E-state index is 14.4. The Bertz CT molecular complexity index is 997. The first-order chi connectivity index (χ1) is 13.5. The topological polar surface area (TPSA) is 62.5 Å². The molecule has 146 valence electrons. The molecule has 9 heteroatoms. The Balaban J connectivity index is 1.36. The van der Waals surface area contributed by atoms with Crippen molar-refractivity contribution in [1.82, 2.24) is 15.0 Å². The molecule has 1 saturated heterocycles. The summed E-state index contributed by atoms with van der Waals surface area (Å²) in [6, 6.07) is 6.64. The third-order valence-corrected chi connectivity index (χ3v) is 6.37. The van der Waals surface area contributed by atoms with Crippen LogP contribution in [0.2, 0.25) is 0 Å². The number of Topliss-reactive ketones (excluding diaryl/α,β-unsaturated/α-hetero) is 1. The number of carbonyl (C=O) groups excluding carboxylic acids is 1. The summed E-state index contributed by atoms with van der Waals surface area (Å²) in [5.74, 6) is 0.677. The molecule has 4 rings (SSSR count). The van der Waals surface area contributed by atoms with E-state index >= 15 is 0 Å². The first-order valence-electron chi connectivity index (χ1n) is 8.84. The van der Waals surface area contributed by atoms with Crippen molar-refractivity contribution in [1.29, 1.82) is 0 Å². The fraction of sp³-hybridized carbons (Fsp3) is 0.316. The SMILES string of the molecule is CC(=O)c1ccc(N2CCN(Cc3nc(-c4cc(Br)cs4)no3)CC2)c(F)c1. The zero-order valence-electron chi connectivity index (χ0n) is 15.2. The van der Waals surface area contributed by atoms with E-state index in [2.05, 4.69) is 31.0 Å². The summed E-state index contributed by atoms with van der Waals surface area (Å²) in [5, 5.41) is 6.03. The molecule has 3 heterocycles. The van der Waals surface area contributed by atoms with Gasteiger partial charge in [-0.2, -0.15) is 4.98 Å². The van der Waals surface area contributed by atoms with Crippen molar-refractivity contribution in [2.75, 3.05) is 31.1 Å². The van der Waals surface area contributed by atoms with Crippen molar-refractivity contribution in [2.45, 2.75) is 13.5 Å². The highest BCUT2D eigenvalue weighted by atomic mass is 79.9. The molecule has 1 aliphatic rings. The number of hydrogen-bond donors (Lipinski definition) is 0. The summed E-state index contributed by atoms with van der Waals surface area (Å²) in [7, 11) is 0. The second-order valence-electron chi connectivity index (χ2n) is 6.63. The van der Waals surface area contributed by atoms with Crippen LogP contribution in [0.1, 0.15) is 23.2 Å². The molecule has 2 aromatic heterocycles. The van der Waals surface area contributed by atoms with Crippen LogP contribution in [-0.2, 0) is 6.54 Å². The molecule has 0 N–H and O–H groups in total. The smallest absolute Gasteiger partial charge is 0.241 e. The van der Waals surface area contributed by atoms with Crippen LogP contribution in [0.5, 0.6) is 0 Å². The average Bonchev–Trinajstić information content (AvgIpc) is 3.31. The van der Waals surface area contributed by atoms with Gasteiger partial charge in [0, 0.05) is 41.6 Å². The first-order valence-corrected chi connectivity index (χ1v) is 10.5. The number of anilines is 1. The minimum atomic E-state index is -0.357. The predicted molar refractivity (Wildman–Crippen MR) is 109 cm³/mol. The predicted octanol–water partition coefficient (Wildman–Crippen LogP) is 4.22. The normalized spacial score (nSPS) is 15.2. The maximum atomic E-state index is 14.4. The fourth-order valence-electron chi connectivity index (χ4n) is 3.17. The van der Waals surface area contributed by atoms with Crippen LogP contribution < -0.4 is 4.90 Å². The first kappa shape index (κ1) is 19.2. The molecule has 1 fully saturated rings. The van der Waals surface area contributed by atoms with Gasteiger partial charge < -0.3 is 9.42 Å². The van der Waals surface area contributed by atoms with Crippen molar-refractivity contribution in [3.63, 3.8) is 0 Å². The summed E-state index contributed by atoms with van der Waals surface area (Å²) < 4.78 is 20.7. The lowest BCUT2D eigenvalue weighted by Crippen LogP contribution is -2.46. The second kappa shape index (κ2) is 8.10. The van der Waals surface area contributed by atoms with Crippen LogP contribution in [0.25, 0.3) is 10.7 Å². The van der Waals surface area contributed by atoms with Crippen molar-refractivity contribution >= 4 is 38.7 Å². The summed E-state index contributed by atoms with van der Waals surface area (Å²) in [4.78, 5) is 21.0. The van der Waals surface area contributed by atoms with Crippen molar-refractivity contribution in [3.05, 3.63) is 51.4 Å². The molecule has 0 bridgehead atoms. The molecule has 0 amide bonds. The number of aromatic nitrogens is 2. The summed E-state index contributed by atoms with van der Waals surface area (Å²) in [6.45, 7) is 4.91. The molecule has 3 aromatic rings. The van der Waals surface area contributed by atoms with Crippen LogP contribution in [0, 0.1) is 5.82 Å². The monoisotopic (exact) mass is 464 g/mol. The number of ketones is 1. The summed E-state index contributed by atoms with van der Waals surface area (Å²) in [6.07, 6.45) is 0. The number of nitrogens with zero attached hydrogens (tertiary/aromatic N) is 4. The van der Waals surface area contributed by atoms with Crippen molar-refractivity contribution < 1.29 is 13.7 Å². The Labute approximate surface area is 174 Å². The molecule has 1 aromatic carbocycles. The highest BCUT2D eigenvalue weighted by Gasteiger charge is 2.22. The molecular formula is C19H18BrFN4O2S. The van der Waals surface area contributed by atoms with Gasteiger partial charge in [-0.1, -0.05) is 5.16 Å². The van der Waals surface area contributed by atoms with Crippen LogP contribution in [-0.4, -0.2) is 47.0 Å². The number of rotatable bonds is 5. The van der Waals surface area contributed by atoms with Crippen molar-refractivity contribution in [2.24, 2.45) is 0 Å². The quantitative estimate of drug-likeness (QED) is 0.526. The van der Waals surface area contributed by atoms with Crippen molar-refractivity contribution in [3.8, 4) is 10.7 Å². The molecule has 0 saturated carbocycles. The van der Waals surface area contributed by atoms with E-state index in [0.29, 0.717) is 42.6 Å². The Hall–Kier alpha value is -2.10. The lowest BCUT2D eigenvalue weighted by Gasteiger charge is -2.35. The van der Waals surface area contributed by atoms with E-state index in [0.717, 1.165) is 22.4 Å². The number of piperazine rings is 1. The molecular weight excluding hydrogens is 447 g/mol. The van der Waals surface area contributed by atoms with E-state index < -0.39 is 0 Å². The zero-order chi connectivity index (χ0) is 19.7. The molecule has 0 atom stereocenters. The largest absolute Gasteiger partial charge is 0.367 e. The number of benzene rings is 1. The van der Waals surface area contributed by atoms with Gasteiger partial charge in [0.1, 0.15) is 5.82 Å². The molecule has 0 unspecified atom stereocenters. The van der Waals surface area contributed by atoms with Crippen LogP contribution in [0.4, 0.5) is 10.1 Å². The van der Waals surface area contributed by atoms with E-state index in [4.69, 9.17) is 4.52 Å². The Kier molecular flexibility index (Phi) is 5.56. The Morgan fingerprint density at radius 2 is 2.07 bits per heavy atom. The van der Waals surface area contributed by atoms with Gasteiger partial charge in [0.25, 0.3) is 0 Å². The van der Waals surface area contributed by atoms with Gasteiger partial charge >= 0.3 is 0 Å². The second-order valence-corrected chi connectivity index (χ2v) is 8.45. The van der Waals surface area contributed by atoms with Gasteiger partial charge in [-0.25, -0.2) is 4.39 Å². The van der Waals surface area contributed by atoms with E-state index in [1.54, 1.807) is 23.5 Å². The summed E-state index contributed by atoms with van der Waals surface area (Å²) >= 11 is 4.98. The van der Waals surface area contributed by atoms with E-state index in [9.17, 15) is 9.18 Å². The average molecular weight is 465 g/mol. The van der Waals surface area contributed by atoms with E-state index in [1.165, 1.54) is 13.0 Å². The van der Waals surface area contributed by atoms with Gasteiger partial charge in [0.05, 0.1) is 17.1 Å². The maximum Gasteiger partial charge on any atom is 0.241 e. The zero-order valence-corrected chi connectivity index (χ0v) is 17.6. The number of carbonyl (C=O) groups is 1. The highest BCUT2D eigenvalue weighted by molar-refractivity contribution is 9.10. The van der Waals surface area contributed by atoms with Gasteiger partial charge in [0.2, 0.25) is 11.7 Å². The molecule has 1 aliphatic heterocycles. The minimum Gasteiger partial charge on any atom is -0.367 e. The molecule has 6 nitrogen and oxygen atoms in total. The van der Waals surface area contributed by atoms with E-state index in [1.807, 2.05) is 16.3 Å². The third-order valence-electron chi connectivity index (χ3n) is 4.68. The fourth-order valence-corrected chi connectivity index (χ4v) is 4.52. The standard InChI is InChI=1S/C19H18BrFN4O2S/c1-12(26)13-2-3-16(15(21)8-13)25-6-4-24(5-7-25)10-18-22-19(23-27-18)17-9-14(20)11-28-17/h2-3,8-9,11H,4-7,10H2,1H3. The van der Waals surface area contributed by atoms with Crippen LogP contribution in [0.3, 0.4) is 0 Å². The van der Waals surface area contributed by atoms with Gasteiger partial charge in [-0.05, 0) is 47.1 Å². The lowest BCUT2D eigenvalue weighted by molar-refractivity contribution is 0.101. The molecule has 0 aliphatic carbocycles. The number of halogens is 2. The van der Waals surface area contributed by atoms with Gasteiger partial charge in [-0.3, -0.25) is 9.69 Å². The Morgan fingerprint density at radius 3 is 2.71 bits per heavy atom. The van der Waals surface area contributed by atoms with Gasteiger partial charge in [0.15, 0.2) is 5.78 Å². The molecule has 0 spiro atoms.